The second-order valence-electron chi connectivity index (χ2n) is 6.05. The zero-order valence-corrected chi connectivity index (χ0v) is 13.4. The van der Waals surface area contributed by atoms with Crippen molar-refractivity contribution in [2.75, 3.05) is 31.1 Å². The summed E-state index contributed by atoms with van der Waals surface area (Å²) in [5.74, 6) is 1.92. The molecule has 3 heterocycles. The lowest BCUT2D eigenvalue weighted by molar-refractivity contribution is -0.00545. The quantitative estimate of drug-likeness (QED) is 0.876. The molecule has 0 aromatic carbocycles. The van der Waals surface area contributed by atoms with Gasteiger partial charge in [-0.25, -0.2) is 4.98 Å². The minimum absolute atomic E-state index is 0.252. The molecule has 6 heteroatoms. The summed E-state index contributed by atoms with van der Waals surface area (Å²) >= 11 is 0. The highest BCUT2D eigenvalue weighted by molar-refractivity contribution is 5.80. The number of anilines is 1. The first-order valence-electron chi connectivity index (χ1n) is 8.08. The molecule has 0 aliphatic carbocycles. The molecule has 0 bridgehead atoms. The number of hydrogen-bond donors (Lipinski definition) is 2. The number of morpholine rings is 1. The van der Waals surface area contributed by atoms with Gasteiger partial charge in [0.15, 0.2) is 5.96 Å². The van der Waals surface area contributed by atoms with Crippen molar-refractivity contribution in [1.29, 1.82) is 0 Å². The van der Waals surface area contributed by atoms with E-state index in [1.165, 1.54) is 0 Å². The molecule has 1 aromatic rings. The first-order chi connectivity index (χ1) is 10.7. The molecule has 6 nitrogen and oxygen atoms in total. The molecule has 2 N–H and O–H groups in total. The number of rotatable bonds is 3. The second-order valence-corrected chi connectivity index (χ2v) is 6.05. The van der Waals surface area contributed by atoms with Gasteiger partial charge >= 0.3 is 0 Å². The van der Waals surface area contributed by atoms with Gasteiger partial charge in [0.1, 0.15) is 5.82 Å². The summed E-state index contributed by atoms with van der Waals surface area (Å²) in [5, 5.41) is 6.57. The van der Waals surface area contributed by atoms with Crippen LogP contribution in [0.4, 0.5) is 5.82 Å². The third-order valence-corrected chi connectivity index (χ3v) is 3.91. The lowest BCUT2D eigenvalue weighted by atomic mass is 10.2. The summed E-state index contributed by atoms with van der Waals surface area (Å²) in [4.78, 5) is 11.3. The summed E-state index contributed by atoms with van der Waals surface area (Å²) < 4.78 is 5.77. The summed E-state index contributed by atoms with van der Waals surface area (Å²) in [6.45, 7) is 8.66. The minimum Gasteiger partial charge on any atom is -0.372 e. The Balaban J connectivity index is 1.56. The monoisotopic (exact) mass is 303 g/mol. The summed E-state index contributed by atoms with van der Waals surface area (Å²) in [5.41, 5.74) is 1.16. The lowest BCUT2D eigenvalue weighted by Gasteiger charge is -2.36. The van der Waals surface area contributed by atoms with E-state index in [1.807, 2.05) is 6.20 Å². The molecule has 0 amide bonds. The molecule has 3 rings (SSSR count). The van der Waals surface area contributed by atoms with Crippen LogP contribution in [-0.4, -0.2) is 49.3 Å². The minimum atomic E-state index is 0.252. The molecular weight excluding hydrogens is 278 g/mol. The summed E-state index contributed by atoms with van der Waals surface area (Å²) in [6, 6.07) is 4.22. The Hall–Kier alpha value is -1.82. The van der Waals surface area contributed by atoms with Crippen LogP contribution in [-0.2, 0) is 11.3 Å². The van der Waals surface area contributed by atoms with E-state index in [0.29, 0.717) is 0 Å². The van der Waals surface area contributed by atoms with Crippen molar-refractivity contribution in [3.05, 3.63) is 23.9 Å². The fraction of sp³-hybridized carbons (Fsp3) is 0.625. The molecule has 2 unspecified atom stereocenters. The van der Waals surface area contributed by atoms with Gasteiger partial charge in [-0.05, 0) is 31.9 Å². The molecule has 120 valence electrons. The van der Waals surface area contributed by atoms with Crippen LogP contribution in [0.15, 0.2) is 23.3 Å². The van der Waals surface area contributed by atoms with Crippen molar-refractivity contribution in [3.8, 4) is 0 Å². The Kier molecular flexibility index (Phi) is 4.77. The van der Waals surface area contributed by atoms with E-state index in [2.05, 4.69) is 51.5 Å². The molecular formula is C16H25N5O. The fourth-order valence-electron chi connectivity index (χ4n) is 2.91. The topological polar surface area (TPSA) is 61.8 Å². The third kappa shape index (κ3) is 3.88. The number of ether oxygens (including phenoxy) is 1. The molecule has 0 saturated carbocycles. The number of guanidine groups is 1. The number of aliphatic imine (C=N–C) groups is 1. The molecule has 1 fully saturated rings. The SMILES string of the molecule is CC1CN(c2ccc(CNC3=NCCCN3)cn2)CC(C)O1. The maximum Gasteiger partial charge on any atom is 0.191 e. The number of hydrogen-bond acceptors (Lipinski definition) is 6. The molecule has 2 aliphatic heterocycles. The molecule has 0 spiro atoms. The van der Waals surface area contributed by atoms with Crippen LogP contribution in [0.2, 0.25) is 0 Å². The Morgan fingerprint density at radius 2 is 2.14 bits per heavy atom. The van der Waals surface area contributed by atoms with E-state index in [4.69, 9.17) is 4.74 Å². The Morgan fingerprint density at radius 3 is 2.77 bits per heavy atom. The zero-order chi connectivity index (χ0) is 15.4. The van der Waals surface area contributed by atoms with E-state index in [1.54, 1.807) is 0 Å². The zero-order valence-electron chi connectivity index (χ0n) is 13.4. The van der Waals surface area contributed by atoms with E-state index in [-0.39, 0.29) is 12.2 Å². The standard InChI is InChI=1S/C16H25N5O/c1-12-10-21(11-13(2)22-12)15-5-4-14(8-19-15)9-20-16-17-6-3-7-18-16/h4-5,8,12-13H,3,6-7,9-11H2,1-2H3,(H2,17,18,20). The first-order valence-corrected chi connectivity index (χ1v) is 8.08. The van der Waals surface area contributed by atoms with Gasteiger partial charge in [0.2, 0.25) is 0 Å². The smallest absolute Gasteiger partial charge is 0.191 e. The number of pyridine rings is 1. The molecule has 1 saturated heterocycles. The van der Waals surface area contributed by atoms with Gasteiger partial charge in [0.05, 0.1) is 12.2 Å². The van der Waals surface area contributed by atoms with Crippen molar-refractivity contribution in [1.82, 2.24) is 15.6 Å². The summed E-state index contributed by atoms with van der Waals surface area (Å²) in [7, 11) is 0. The average molecular weight is 303 g/mol. The van der Waals surface area contributed by atoms with Crippen molar-refractivity contribution in [3.63, 3.8) is 0 Å². The van der Waals surface area contributed by atoms with Crippen LogP contribution in [0.25, 0.3) is 0 Å². The van der Waals surface area contributed by atoms with E-state index in [0.717, 1.165) is 56.5 Å². The number of nitrogens with zero attached hydrogens (tertiary/aromatic N) is 3. The Labute approximate surface area is 132 Å². The maximum atomic E-state index is 5.77. The number of nitrogens with one attached hydrogen (secondary N) is 2. The second kappa shape index (κ2) is 6.96. The molecule has 2 aliphatic rings. The average Bonchev–Trinajstić information content (AvgIpc) is 2.53. The van der Waals surface area contributed by atoms with E-state index in [9.17, 15) is 0 Å². The van der Waals surface area contributed by atoms with E-state index < -0.39 is 0 Å². The van der Waals surface area contributed by atoms with Crippen LogP contribution in [0.1, 0.15) is 25.8 Å². The Bertz CT molecular complexity index is 506. The first kappa shape index (κ1) is 15.1. The highest BCUT2D eigenvalue weighted by Crippen LogP contribution is 2.18. The van der Waals surface area contributed by atoms with Gasteiger partial charge in [0, 0.05) is 38.9 Å². The van der Waals surface area contributed by atoms with Crippen LogP contribution in [0.5, 0.6) is 0 Å². The van der Waals surface area contributed by atoms with Gasteiger partial charge in [-0.3, -0.25) is 4.99 Å². The van der Waals surface area contributed by atoms with Crippen molar-refractivity contribution >= 4 is 11.8 Å². The third-order valence-electron chi connectivity index (χ3n) is 3.91. The van der Waals surface area contributed by atoms with Crippen LogP contribution >= 0.6 is 0 Å². The molecule has 22 heavy (non-hydrogen) atoms. The molecule has 0 radical (unpaired) electrons. The normalized spacial score (nSPS) is 25.4. The Morgan fingerprint density at radius 1 is 1.32 bits per heavy atom. The predicted octanol–water partition coefficient (Wildman–Crippen LogP) is 1.13. The van der Waals surface area contributed by atoms with Gasteiger partial charge in [-0.1, -0.05) is 6.07 Å². The lowest BCUT2D eigenvalue weighted by Crippen LogP contribution is -2.45. The van der Waals surface area contributed by atoms with Crippen molar-refractivity contribution in [2.45, 2.75) is 39.0 Å². The van der Waals surface area contributed by atoms with Crippen molar-refractivity contribution < 1.29 is 4.74 Å². The fourth-order valence-corrected chi connectivity index (χ4v) is 2.91. The highest BCUT2D eigenvalue weighted by Gasteiger charge is 2.22. The van der Waals surface area contributed by atoms with Crippen LogP contribution < -0.4 is 15.5 Å². The highest BCUT2D eigenvalue weighted by atomic mass is 16.5. The van der Waals surface area contributed by atoms with Crippen molar-refractivity contribution in [2.24, 2.45) is 4.99 Å². The maximum absolute atomic E-state index is 5.77. The van der Waals surface area contributed by atoms with Gasteiger partial charge in [-0.15, -0.1) is 0 Å². The van der Waals surface area contributed by atoms with Gasteiger partial charge < -0.3 is 20.3 Å². The largest absolute Gasteiger partial charge is 0.372 e. The van der Waals surface area contributed by atoms with Gasteiger partial charge in [-0.2, -0.15) is 0 Å². The molecule has 2 atom stereocenters. The van der Waals surface area contributed by atoms with Crippen LogP contribution in [0.3, 0.4) is 0 Å². The van der Waals surface area contributed by atoms with Gasteiger partial charge in [0.25, 0.3) is 0 Å². The summed E-state index contributed by atoms with van der Waals surface area (Å²) in [6.07, 6.45) is 3.55. The molecule has 1 aromatic heterocycles. The number of aromatic nitrogens is 1. The van der Waals surface area contributed by atoms with E-state index >= 15 is 0 Å². The van der Waals surface area contributed by atoms with Crippen LogP contribution in [0, 0.1) is 0 Å². The predicted molar refractivity (Wildman–Crippen MR) is 88.2 cm³/mol.